The van der Waals surface area contributed by atoms with Crippen LogP contribution in [0.2, 0.25) is 0 Å². The summed E-state index contributed by atoms with van der Waals surface area (Å²) >= 11 is 0. The van der Waals surface area contributed by atoms with Crippen LogP contribution in [0, 0.1) is 0 Å². The summed E-state index contributed by atoms with van der Waals surface area (Å²) in [5.41, 5.74) is 9.77. The zero-order valence-electron chi connectivity index (χ0n) is 21.8. The molecule has 2 N–H and O–H groups in total. The Bertz CT molecular complexity index is 1150. The van der Waals surface area contributed by atoms with Gasteiger partial charge in [-0.15, -0.1) is 0 Å². The maximum absolute atomic E-state index is 13.1. The van der Waals surface area contributed by atoms with Crippen molar-refractivity contribution in [2.75, 3.05) is 31.6 Å². The number of benzene rings is 3. The molecule has 37 heavy (non-hydrogen) atoms. The van der Waals surface area contributed by atoms with Gasteiger partial charge in [0.25, 0.3) is 0 Å². The fourth-order valence-corrected chi connectivity index (χ4v) is 5.12. The summed E-state index contributed by atoms with van der Waals surface area (Å²) < 4.78 is 4.74. The van der Waals surface area contributed by atoms with Gasteiger partial charge in [-0.05, 0) is 74.7 Å². The second-order valence-electron chi connectivity index (χ2n) is 9.75. The summed E-state index contributed by atoms with van der Waals surface area (Å²) in [6, 6.07) is 26.0. The third-order valence-electron chi connectivity index (χ3n) is 7.37. The number of likely N-dealkylation sites (tertiary alicyclic amines) is 1. The highest BCUT2D eigenvalue weighted by Crippen LogP contribution is 2.28. The lowest BCUT2D eigenvalue weighted by molar-refractivity contribution is 0.0600. The summed E-state index contributed by atoms with van der Waals surface area (Å²) in [6.45, 7) is 5.95. The number of ether oxygens (including phenoxy) is 1. The van der Waals surface area contributed by atoms with Crippen LogP contribution in [0.25, 0.3) is 0 Å². The molecule has 1 fully saturated rings. The molecule has 0 amide bonds. The minimum Gasteiger partial charge on any atom is -0.465 e. The minimum atomic E-state index is -0.415. The number of methoxy groups -OCH3 is 1. The van der Waals surface area contributed by atoms with Gasteiger partial charge < -0.3 is 20.3 Å². The second kappa shape index (κ2) is 12.7. The molecule has 1 unspecified atom stereocenters. The number of ketones is 1. The average molecular weight is 500 g/mol. The Hall–Kier alpha value is -3.48. The molecule has 0 saturated carbocycles. The van der Waals surface area contributed by atoms with Crippen molar-refractivity contribution in [2.45, 2.75) is 44.8 Å². The maximum atomic E-state index is 13.1. The zero-order valence-corrected chi connectivity index (χ0v) is 21.8. The summed E-state index contributed by atoms with van der Waals surface area (Å²) in [5.74, 6) is -0.485. The first-order chi connectivity index (χ1) is 18.0. The topological polar surface area (TPSA) is 75.9 Å². The summed E-state index contributed by atoms with van der Waals surface area (Å²) in [4.78, 5) is 29.8. The Balaban J connectivity index is 1.51. The highest BCUT2D eigenvalue weighted by Gasteiger charge is 2.27. The van der Waals surface area contributed by atoms with Gasteiger partial charge in [0.05, 0.1) is 12.7 Å². The van der Waals surface area contributed by atoms with Crippen LogP contribution in [-0.2, 0) is 11.3 Å². The Kier molecular flexibility index (Phi) is 9.09. The van der Waals surface area contributed by atoms with Gasteiger partial charge in [0.1, 0.15) is 0 Å². The molecule has 194 valence electrons. The lowest BCUT2D eigenvalue weighted by atomic mass is 9.98. The molecule has 1 saturated heterocycles. The van der Waals surface area contributed by atoms with E-state index in [2.05, 4.69) is 53.1 Å². The lowest BCUT2D eigenvalue weighted by Crippen LogP contribution is -2.47. The number of rotatable bonds is 10. The van der Waals surface area contributed by atoms with E-state index in [1.54, 1.807) is 24.3 Å². The highest BCUT2D eigenvalue weighted by molar-refractivity contribution is 6.09. The van der Waals surface area contributed by atoms with E-state index in [4.69, 9.17) is 10.5 Å². The monoisotopic (exact) mass is 499 g/mol. The Morgan fingerprint density at radius 1 is 0.919 bits per heavy atom. The van der Waals surface area contributed by atoms with Gasteiger partial charge in [-0.1, -0.05) is 42.5 Å². The quantitative estimate of drug-likeness (QED) is 0.315. The van der Waals surface area contributed by atoms with Crippen molar-refractivity contribution < 1.29 is 14.3 Å². The number of piperidine rings is 1. The van der Waals surface area contributed by atoms with E-state index in [-0.39, 0.29) is 5.78 Å². The van der Waals surface area contributed by atoms with Gasteiger partial charge in [0, 0.05) is 48.5 Å². The van der Waals surface area contributed by atoms with Crippen molar-refractivity contribution in [3.8, 4) is 0 Å². The van der Waals surface area contributed by atoms with Crippen LogP contribution < -0.4 is 10.6 Å². The Morgan fingerprint density at radius 2 is 1.49 bits per heavy atom. The number of nitrogens with zero attached hydrogens (tertiary/aromatic N) is 2. The SMILES string of the molecule is COC(=O)c1ccc(C(=O)c2ccc(N(Cc3ccccc3)C3CCN(C(C)CCN)CC3)cc2)cc1. The molecule has 0 bridgehead atoms. The third kappa shape index (κ3) is 6.64. The van der Waals surface area contributed by atoms with Gasteiger partial charge >= 0.3 is 5.97 Å². The Morgan fingerprint density at radius 3 is 2.05 bits per heavy atom. The average Bonchev–Trinajstić information content (AvgIpc) is 2.96. The second-order valence-corrected chi connectivity index (χ2v) is 9.75. The molecule has 6 heteroatoms. The summed E-state index contributed by atoms with van der Waals surface area (Å²) in [6.07, 6.45) is 3.21. The molecule has 0 spiro atoms. The number of hydrogen-bond acceptors (Lipinski definition) is 6. The molecular formula is C31H37N3O3. The number of carbonyl (C=O) groups excluding carboxylic acids is 2. The first-order valence-electron chi connectivity index (χ1n) is 13.1. The largest absolute Gasteiger partial charge is 0.465 e. The first-order valence-corrected chi connectivity index (χ1v) is 13.1. The number of anilines is 1. The van der Waals surface area contributed by atoms with Crippen molar-refractivity contribution >= 4 is 17.4 Å². The number of carbonyl (C=O) groups is 2. The molecule has 4 rings (SSSR count). The molecule has 0 radical (unpaired) electrons. The van der Waals surface area contributed by atoms with E-state index in [9.17, 15) is 9.59 Å². The van der Waals surface area contributed by atoms with Crippen LogP contribution >= 0.6 is 0 Å². The number of esters is 1. The molecule has 1 aliphatic heterocycles. The van der Waals surface area contributed by atoms with Crippen LogP contribution in [0.5, 0.6) is 0 Å². The Labute approximate surface area is 220 Å². The van der Waals surface area contributed by atoms with Crippen molar-refractivity contribution in [3.05, 3.63) is 101 Å². The van der Waals surface area contributed by atoms with Crippen molar-refractivity contribution in [1.29, 1.82) is 0 Å². The molecule has 6 nitrogen and oxygen atoms in total. The predicted molar refractivity (Wildman–Crippen MR) is 148 cm³/mol. The van der Waals surface area contributed by atoms with Crippen LogP contribution in [0.15, 0.2) is 78.9 Å². The van der Waals surface area contributed by atoms with Gasteiger partial charge in [0.15, 0.2) is 5.78 Å². The zero-order chi connectivity index (χ0) is 26.2. The standard InChI is InChI=1S/C31H37N3O3/c1-23(16-19-32)33-20-17-29(18-21-33)34(22-24-6-4-3-5-7-24)28-14-12-26(13-15-28)30(35)25-8-10-27(11-9-25)31(36)37-2/h3-15,23,29H,16-22,32H2,1-2H3. The van der Waals surface area contributed by atoms with Gasteiger partial charge in [0.2, 0.25) is 0 Å². The fourth-order valence-electron chi connectivity index (χ4n) is 5.12. The smallest absolute Gasteiger partial charge is 0.337 e. The third-order valence-corrected chi connectivity index (χ3v) is 7.37. The van der Waals surface area contributed by atoms with Crippen LogP contribution in [0.3, 0.4) is 0 Å². The van der Waals surface area contributed by atoms with E-state index < -0.39 is 5.97 Å². The van der Waals surface area contributed by atoms with E-state index in [0.29, 0.717) is 28.8 Å². The van der Waals surface area contributed by atoms with Crippen LogP contribution in [0.4, 0.5) is 5.69 Å². The van der Waals surface area contributed by atoms with Crippen molar-refractivity contribution in [2.24, 2.45) is 5.73 Å². The molecule has 1 aliphatic rings. The predicted octanol–water partition coefficient (Wildman–Crippen LogP) is 4.91. The maximum Gasteiger partial charge on any atom is 0.337 e. The molecular weight excluding hydrogens is 462 g/mol. The van der Waals surface area contributed by atoms with Gasteiger partial charge in [-0.2, -0.15) is 0 Å². The first kappa shape index (κ1) is 26.6. The molecule has 1 heterocycles. The normalized spacial score (nSPS) is 15.2. The van der Waals surface area contributed by atoms with Gasteiger partial charge in [-0.25, -0.2) is 4.79 Å². The number of nitrogens with two attached hydrogens (primary N) is 1. The van der Waals surface area contributed by atoms with E-state index in [0.717, 1.165) is 51.1 Å². The van der Waals surface area contributed by atoms with E-state index in [1.165, 1.54) is 12.7 Å². The van der Waals surface area contributed by atoms with Crippen molar-refractivity contribution in [1.82, 2.24) is 4.90 Å². The molecule has 0 aromatic heterocycles. The lowest BCUT2D eigenvalue weighted by Gasteiger charge is -2.42. The fraction of sp³-hybridized carbons (Fsp3) is 0.355. The van der Waals surface area contributed by atoms with E-state index in [1.807, 2.05) is 18.2 Å². The van der Waals surface area contributed by atoms with Crippen LogP contribution in [0.1, 0.15) is 58.0 Å². The minimum absolute atomic E-state index is 0.0697. The molecule has 3 aromatic carbocycles. The van der Waals surface area contributed by atoms with Crippen molar-refractivity contribution in [3.63, 3.8) is 0 Å². The summed E-state index contributed by atoms with van der Waals surface area (Å²) in [5, 5.41) is 0. The molecule has 3 aromatic rings. The molecule has 0 aliphatic carbocycles. The van der Waals surface area contributed by atoms with Crippen LogP contribution in [-0.4, -0.2) is 55.5 Å². The molecule has 1 atom stereocenters. The van der Waals surface area contributed by atoms with Gasteiger partial charge in [-0.3, -0.25) is 4.79 Å². The number of hydrogen-bond donors (Lipinski definition) is 1. The summed E-state index contributed by atoms with van der Waals surface area (Å²) in [7, 11) is 1.34. The highest BCUT2D eigenvalue weighted by atomic mass is 16.5. The van der Waals surface area contributed by atoms with E-state index >= 15 is 0 Å².